The van der Waals surface area contributed by atoms with Gasteiger partial charge in [0.05, 0.1) is 5.02 Å². The molecule has 1 aromatic rings. The lowest BCUT2D eigenvalue weighted by Gasteiger charge is -2.08. The van der Waals surface area contributed by atoms with Crippen molar-refractivity contribution in [2.24, 2.45) is 0 Å². The highest BCUT2D eigenvalue weighted by molar-refractivity contribution is 6.32. The molecule has 0 aliphatic carbocycles. The molecule has 0 radical (unpaired) electrons. The second kappa shape index (κ2) is 6.01. The molecule has 0 atom stereocenters. The van der Waals surface area contributed by atoms with Crippen molar-refractivity contribution >= 4 is 23.2 Å². The van der Waals surface area contributed by atoms with Gasteiger partial charge in [0.2, 0.25) is 0 Å². The van der Waals surface area contributed by atoms with Gasteiger partial charge in [-0.25, -0.2) is 0 Å². The van der Waals surface area contributed by atoms with E-state index < -0.39 is 0 Å². The molecular formula is C11H13Cl2NO. The van der Waals surface area contributed by atoms with E-state index in [9.17, 15) is 0 Å². The van der Waals surface area contributed by atoms with E-state index in [1.54, 1.807) is 0 Å². The Morgan fingerprint density at radius 3 is 2.80 bits per heavy atom. The largest absolute Gasteiger partial charge is 0.486 e. The van der Waals surface area contributed by atoms with Gasteiger partial charge in [0.15, 0.2) is 0 Å². The molecule has 1 aromatic carbocycles. The predicted octanol–water partition coefficient (Wildman–Crippen LogP) is 3.19. The number of halogens is 2. The van der Waals surface area contributed by atoms with Gasteiger partial charge in [-0.2, -0.15) is 0 Å². The van der Waals surface area contributed by atoms with Crippen LogP contribution >= 0.6 is 23.2 Å². The monoisotopic (exact) mass is 245 g/mol. The minimum absolute atomic E-state index is 0.270. The van der Waals surface area contributed by atoms with Crippen molar-refractivity contribution in [1.29, 1.82) is 0 Å². The van der Waals surface area contributed by atoms with Crippen molar-refractivity contribution in [2.75, 3.05) is 13.7 Å². The predicted molar refractivity (Wildman–Crippen MR) is 64.7 cm³/mol. The van der Waals surface area contributed by atoms with Gasteiger partial charge >= 0.3 is 0 Å². The molecule has 0 unspecified atom stereocenters. The molecule has 1 N–H and O–H groups in total. The van der Waals surface area contributed by atoms with E-state index in [0.29, 0.717) is 15.8 Å². The normalized spacial score (nSPS) is 10.1. The molecule has 0 bridgehead atoms. The van der Waals surface area contributed by atoms with E-state index in [1.165, 1.54) is 0 Å². The molecular weight excluding hydrogens is 233 g/mol. The summed E-state index contributed by atoms with van der Waals surface area (Å²) >= 11 is 11.6. The highest BCUT2D eigenvalue weighted by atomic mass is 35.5. The Bertz CT molecular complexity index is 352. The summed E-state index contributed by atoms with van der Waals surface area (Å²) < 4.78 is 5.35. The third-order valence-corrected chi connectivity index (χ3v) is 2.17. The summed E-state index contributed by atoms with van der Waals surface area (Å²) in [4.78, 5) is 0. The first kappa shape index (κ1) is 12.4. The molecule has 82 valence electrons. The van der Waals surface area contributed by atoms with Crippen molar-refractivity contribution in [3.8, 4) is 5.75 Å². The number of nitrogens with one attached hydrogen (secondary N) is 1. The smallest absolute Gasteiger partial charge is 0.138 e. The first-order valence-corrected chi connectivity index (χ1v) is 5.28. The second-order valence-corrected chi connectivity index (χ2v) is 4.04. The molecule has 0 spiro atoms. The summed E-state index contributed by atoms with van der Waals surface area (Å²) in [5.41, 5.74) is 1.11. The summed E-state index contributed by atoms with van der Waals surface area (Å²) in [6.07, 6.45) is 0. The molecule has 0 saturated carbocycles. The van der Waals surface area contributed by atoms with Crippen molar-refractivity contribution in [3.05, 3.63) is 40.4 Å². The maximum Gasteiger partial charge on any atom is 0.138 e. The number of hydrogen-bond donors (Lipinski definition) is 1. The molecule has 2 nitrogen and oxygen atoms in total. The van der Waals surface area contributed by atoms with Crippen LogP contribution in [0.2, 0.25) is 5.02 Å². The molecule has 0 aliphatic rings. The highest BCUT2D eigenvalue weighted by Crippen LogP contribution is 2.25. The quantitative estimate of drug-likeness (QED) is 0.861. The molecule has 0 heterocycles. The molecule has 0 saturated heterocycles. The third kappa shape index (κ3) is 4.12. The Hall–Kier alpha value is -0.700. The zero-order chi connectivity index (χ0) is 11.3. The van der Waals surface area contributed by atoms with Gasteiger partial charge in [0.25, 0.3) is 0 Å². The average Bonchev–Trinajstić information content (AvgIpc) is 2.17. The Kier molecular flexibility index (Phi) is 4.95. The van der Waals surface area contributed by atoms with E-state index in [-0.39, 0.29) is 6.61 Å². The molecule has 0 fully saturated rings. The number of ether oxygens (including phenoxy) is 1. The van der Waals surface area contributed by atoms with Crippen LogP contribution in [0.25, 0.3) is 0 Å². The first-order valence-electron chi connectivity index (χ1n) is 4.52. The fourth-order valence-electron chi connectivity index (χ4n) is 1.13. The van der Waals surface area contributed by atoms with Gasteiger partial charge < -0.3 is 10.1 Å². The lowest BCUT2D eigenvalue weighted by atomic mass is 10.2. The van der Waals surface area contributed by atoms with Gasteiger partial charge in [0.1, 0.15) is 12.4 Å². The van der Waals surface area contributed by atoms with E-state index in [0.717, 1.165) is 12.1 Å². The Balaban J connectivity index is 2.70. The Morgan fingerprint density at radius 2 is 2.27 bits per heavy atom. The number of benzene rings is 1. The fourth-order valence-corrected chi connectivity index (χ4v) is 1.44. The summed E-state index contributed by atoms with van der Waals surface area (Å²) in [6.45, 7) is 4.58. The second-order valence-electron chi connectivity index (χ2n) is 3.10. The molecule has 0 amide bonds. The first-order chi connectivity index (χ1) is 7.13. The van der Waals surface area contributed by atoms with Crippen LogP contribution in [0, 0.1) is 0 Å². The average molecular weight is 246 g/mol. The van der Waals surface area contributed by atoms with Gasteiger partial charge in [0, 0.05) is 11.6 Å². The van der Waals surface area contributed by atoms with Gasteiger partial charge in [-0.1, -0.05) is 35.8 Å². The van der Waals surface area contributed by atoms with Crippen LogP contribution in [0.1, 0.15) is 5.56 Å². The van der Waals surface area contributed by atoms with Gasteiger partial charge in [-0.3, -0.25) is 0 Å². The van der Waals surface area contributed by atoms with Crippen LogP contribution in [0.4, 0.5) is 0 Å². The van der Waals surface area contributed by atoms with Gasteiger partial charge in [-0.15, -0.1) is 0 Å². The number of rotatable bonds is 5. The maximum atomic E-state index is 6.02. The van der Waals surface area contributed by atoms with Crippen LogP contribution in [-0.2, 0) is 6.54 Å². The van der Waals surface area contributed by atoms with Crippen LogP contribution in [0.15, 0.2) is 29.8 Å². The fraction of sp³-hybridized carbons (Fsp3) is 0.273. The molecule has 15 heavy (non-hydrogen) atoms. The summed E-state index contributed by atoms with van der Waals surface area (Å²) in [7, 11) is 1.88. The summed E-state index contributed by atoms with van der Waals surface area (Å²) in [5.74, 6) is 0.623. The van der Waals surface area contributed by atoms with Crippen molar-refractivity contribution in [1.82, 2.24) is 5.32 Å². The Morgan fingerprint density at radius 1 is 1.53 bits per heavy atom. The highest BCUT2D eigenvalue weighted by Gasteiger charge is 2.02. The standard InChI is InChI=1S/C11H13Cl2NO/c1-8(12)7-15-11-4-3-9(6-14-2)5-10(11)13/h3-5,14H,1,6-7H2,2H3. The minimum Gasteiger partial charge on any atom is -0.486 e. The van der Waals surface area contributed by atoms with Crippen molar-refractivity contribution < 1.29 is 4.74 Å². The van der Waals surface area contributed by atoms with Crippen LogP contribution in [0.5, 0.6) is 5.75 Å². The third-order valence-electron chi connectivity index (χ3n) is 1.76. The zero-order valence-corrected chi connectivity index (χ0v) is 10.0. The maximum absolute atomic E-state index is 6.02. The van der Waals surface area contributed by atoms with Crippen molar-refractivity contribution in [2.45, 2.75) is 6.54 Å². The lowest BCUT2D eigenvalue weighted by molar-refractivity contribution is 0.359. The topological polar surface area (TPSA) is 21.3 Å². The molecule has 4 heteroatoms. The minimum atomic E-state index is 0.270. The van der Waals surface area contributed by atoms with Crippen molar-refractivity contribution in [3.63, 3.8) is 0 Å². The van der Waals surface area contributed by atoms with E-state index in [1.807, 2.05) is 25.2 Å². The summed E-state index contributed by atoms with van der Waals surface area (Å²) in [5, 5.41) is 4.08. The van der Waals surface area contributed by atoms with Crippen LogP contribution in [-0.4, -0.2) is 13.7 Å². The van der Waals surface area contributed by atoms with E-state index in [4.69, 9.17) is 27.9 Å². The Labute approximate surface area is 99.8 Å². The van der Waals surface area contributed by atoms with Gasteiger partial charge in [-0.05, 0) is 24.7 Å². The van der Waals surface area contributed by atoms with E-state index in [2.05, 4.69) is 11.9 Å². The van der Waals surface area contributed by atoms with E-state index >= 15 is 0 Å². The molecule has 0 aliphatic heterocycles. The summed E-state index contributed by atoms with van der Waals surface area (Å²) in [6, 6.07) is 5.65. The zero-order valence-electron chi connectivity index (χ0n) is 8.52. The SMILES string of the molecule is C=C(Cl)COc1ccc(CNC)cc1Cl. The number of hydrogen-bond acceptors (Lipinski definition) is 2. The lowest BCUT2D eigenvalue weighted by Crippen LogP contribution is -2.05. The molecule has 1 rings (SSSR count). The molecule has 0 aromatic heterocycles. The van der Waals surface area contributed by atoms with Crippen LogP contribution < -0.4 is 10.1 Å². The van der Waals surface area contributed by atoms with Crippen LogP contribution in [0.3, 0.4) is 0 Å².